The lowest BCUT2D eigenvalue weighted by Gasteiger charge is -2.36. The third-order valence-electron chi connectivity index (χ3n) is 6.83. The third kappa shape index (κ3) is 2.76. The van der Waals surface area contributed by atoms with Gasteiger partial charge in [0, 0.05) is 31.5 Å². The summed E-state index contributed by atoms with van der Waals surface area (Å²) in [4.78, 5) is 28.8. The molecule has 1 aliphatic heterocycles. The number of aromatic amines is 1. The first kappa shape index (κ1) is 19.5. The third-order valence-corrected chi connectivity index (χ3v) is 6.83. The van der Waals surface area contributed by atoms with E-state index in [1.807, 2.05) is 0 Å². The van der Waals surface area contributed by atoms with Crippen molar-refractivity contribution in [2.75, 3.05) is 25.1 Å². The first-order chi connectivity index (χ1) is 14.2. The summed E-state index contributed by atoms with van der Waals surface area (Å²) in [7, 11) is 1.35. The Morgan fingerprint density at radius 2 is 1.97 bits per heavy atom. The first-order valence-electron chi connectivity index (χ1n) is 10.2. The zero-order chi connectivity index (χ0) is 21.4. The number of nitrogens with one attached hydrogen (secondary N) is 1. The SMILES string of the molecule is COc1c(N2CC3CCC(F)(F)C(N)C3C2)c(F)cc2c(=O)[nH]c(=O)n(C3CC3)c12. The van der Waals surface area contributed by atoms with Gasteiger partial charge in [-0.25, -0.2) is 18.0 Å². The van der Waals surface area contributed by atoms with E-state index in [1.165, 1.54) is 11.7 Å². The van der Waals surface area contributed by atoms with Crippen LogP contribution >= 0.6 is 0 Å². The van der Waals surface area contributed by atoms with Crippen LogP contribution in [-0.2, 0) is 0 Å². The van der Waals surface area contributed by atoms with Crippen LogP contribution < -0.4 is 26.6 Å². The molecule has 0 bridgehead atoms. The van der Waals surface area contributed by atoms with Crippen LogP contribution in [0.3, 0.4) is 0 Å². The molecule has 3 fully saturated rings. The Labute approximate surface area is 169 Å². The van der Waals surface area contributed by atoms with Gasteiger partial charge in [-0.05, 0) is 31.2 Å². The number of aromatic nitrogens is 2. The molecule has 3 atom stereocenters. The van der Waals surface area contributed by atoms with Crippen LogP contribution in [0.2, 0.25) is 0 Å². The molecule has 2 aliphatic carbocycles. The predicted molar refractivity (Wildman–Crippen MR) is 105 cm³/mol. The van der Waals surface area contributed by atoms with Crippen molar-refractivity contribution in [3.05, 3.63) is 32.7 Å². The molecule has 1 saturated heterocycles. The molecule has 2 aromatic rings. The van der Waals surface area contributed by atoms with Crippen LogP contribution in [0.1, 0.15) is 31.7 Å². The molecule has 30 heavy (non-hydrogen) atoms. The van der Waals surface area contributed by atoms with Gasteiger partial charge in [0.2, 0.25) is 0 Å². The maximum absolute atomic E-state index is 15.2. The van der Waals surface area contributed by atoms with Crippen molar-refractivity contribution in [3.63, 3.8) is 0 Å². The smallest absolute Gasteiger partial charge is 0.329 e. The molecule has 1 aromatic carbocycles. The minimum absolute atomic E-state index is 0.0273. The molecule has 7 nitrogen and oxygen atoms in total. The van der Waals surface area contributed by atoms with Gasteiger partial charge in [-0.15, -0.1) is 0 Å². The van der Waals surface area contributed by atoms with Gasteiger partial charge >= 0.3 is 5.69 Å². The van der Waals surface area contributed by atoms with Gasteiger partial charge in [0.15, 0.2) is 11.6 Å². The number of H-pyrrole nitrogens is 1. The Morgan fingerprint density at radius 3 is 2.63 bits per heavy atom. The molecule has 2 heterocycles. The van der Waals surface area contributed by atoms with Gasteiger partial charge in [-0.1, -0.05) is 0 Å². The van der Waals surface area contributed by atoms with Crippen LogP contribution in [0.15, 0.2) is 15.7 Å². The Morgan fingerprint density at radius 1 is 1.23 bits per heavy atom. The molecule has 5 rings (SSSR count). The Bertz CT molecular complexity index is 1140. The summed E-state index contributed by atoms with van der Waals surface area (Å²) in [6.07, 6.45) is 1.58. The molecule has 10 heteroatoms. The van der Waals surface area contributed by atoms with Crippen molar-refractivity contribution in [1.29, 1.82) is 0 Å². The topological polar surface area (TPSA) is 93.3 Å². The highest BCUT2D eigenvalue weighted by molar-refractivity contribution is 5.91. The number of alkyl halides is 2. The van der Waals surface area contributed by atoms with Gasteiger partial charge in [0.25, 0.3) is 11.5 Å². The molecular weight excluding hydrogens is 401 g/mol. The number of fused-ring (bicyclic) bond motifs is 2. The number of hydrogen-bond donors (Lipinski definition) is 2. The lowest BCUT2D eigenvalue weighted by Crippen LogP contribution is -2.52. The summed E-state index contributed by atoms with van der Waals surface area (Å²) in [5, 5.41) is 0.0273. The second-order valence-electron chi connectivity index (χ2n) is 8.65. The average molecular weight is 424 g/mol. The van der Waals surface area contributed by atoms with Crippen molar-refractivity contribution >= 4 is 16.6 Å². The zero-order valence-electron chi connectivity index (χ0n) is 16.5. The number of anilines is 1. The molecule has 1 aromatic heterocycles. The maximum Gasteiger partial charge on any atom is 0.329 e. The van der Waals surface area contributed by atoms with Gasteiger partial charge in [-0.2, -0.15) is 0 Å². The van der Waals surface area contributed by atoms with E-state index in [0.717, 1.165) is 18.9 Å². The number of hydrogen-bond acceptors (Lipinski definition) is 5. The monoisotopic (exact) mass is 424 g/mol. The van der Waals surface area contributed by atoms with Crippen LogP contribution in [0, 0.1) is 17.7 Å². The summed E-state index contributed by atoms with van der Waals surface area (Å²) in [6, 6.07) is -0.276. The number of halogens is 3. The molecule has 2 saturated carbocycles. The van der Waals surface area contributed by atoms with Crippen molar-refractivity contribution in [2.45, 2.75) is 43.7 Å². The van der Waals surface area contributed by atoms with Crippen molar-refractivity contribution in [3.8, 4) is 5.75 Å². The number of benzene rings is 1. The van der Waals surface area contributed by atoms with Crippen LogP contribution in [0.4, 0.5) is 18.9 Å². The molecule has 3 aliphatic rings. The number of nitrogens with two attached hydrogens (primary N) is 1. The standard InChI is InChI=1S/C20H23F3N4O3/c1-30-16-14-11(18(28)25-19(29)27(14)10-2-3-10)6-13(21)15(16)26-7-9-4-5-20(22,23)17(24)12(9)8-26/h6,9-10,12,17H,2-5,7-8,24H2,1H3,(H,25,28,29). The number of methoxy groups -OCH3 is 1. The van der Waals surface area contributed by atoms with E-state index in [2.05, 4.69) is 4.98 Å². The lowest BCUT2D eigenvalue weighted by atomic mass is 9.76. The average Bonchev–Trinajstić information content (AvgIpc) is 3.43. The van der Waals surface area contributed by atoms with E-state index in [9.17, 15) is 18.4 Å². The van der Waals surface area contributed by atoms with Crippen LogP contribution in [0.25, 0.3) is 10.9 Å². The maximum atomic E-state index is 15.2. The molecule has 3 unspecified atom stereocenters. The Hall–Kier alpha value is -2.49. The Kier molecular flexibility index (Phi) is 4.22. The van der Waals surface area contributed by atoms with Crippen LogP contribution in [-0.4, -0.2) is 41.7 Å². The fraction of sp³-hybridized carbons (Fsp3) is 0.600. The summed E-state index contributed by atoms with van der Waals surface area (Å²) >= 11 is 0. The number of nitrogens with zero attached hydrogens (tertiary/aromatic N) is 2. The van der Waals surface area contributed by atoms with Gasteiger partial charge in [0.1, 0.15) is 11.2 Å². The van der Waals surface area contributed by atoms with Crippen LogP contribution in [0.5, 0.6) is 5.75 Å². The number of rotatable bonds is 3. The molecule has 0 amide bonds. The van der Waals surface area contributed by atoms with Gasteiger partial charge in [0.05, 0.1) is 18.5 Å². The van der Waals surface area contributed by atoms with Gasteiger partial charge in [-0.3, -0.25) is 14.3 Å². The minimum atomic E-state index is -2.94. The highest BCUT2D eigenvalue weighted by Crippen LogP contribution is 2.48. The second-order valence-corrected chi connectivity index (χ2v) is 8.65. The van der Waals surface area contributed by atoms with E-state index >= 15 is 4.39 Å². The molecule has 3 N–H and O–H groups in total. The lowest BCUT2D eigenvalue weighted by molar-refractivity contribution is -0.0794. The van der Waals surface area contributed by atoms with E-state index < -0.39 is 34.9 Å². The largest absolute Gasteiger partial charge is 0.492 e. The quantitative estimate of drug-likeness (QED) is 0.786. The van der Waals surface area contributed by atoms with E-state index in [-0.39, 0.29) is 47.3 Å². The highest BCUT2D eigenvalue weighted by atomic mass is 19.3. The fourth-order valence-corrected chi connectivity index (χ4v) is 5.16. The number of ether oxygens (including phenoxy) is 1. The van der Waals surface area contributed by atoms with Crippen molar-refractivity contribution < 1.29 is 17.9 Å². The zero-order valence-corrected chi connectivity index (χ0v) is 16.5. The molecule has 0 spiro atoms. The highest BCUT2D eigenvalue weighted by Gasteiger charge is 2.52. The van der Waals surface area contributed by atoms with Gasteiger partial charge < -0.3 is 15.4 Å². The minimum Gasteiger partial charge on any atom is -0.492 e. The summed E-state index contributed by atoms with van der Waals surface area (Å²) in [6.45, 7) is 0.529. The molecular formula is C20H23F3N4O3. The van der Waals surface area contributed by atoms with E-state index in [0.29, 0.717) is 13.0 Å². The van der Waals surface area contributed by atoms with E-state index in [4.69, 9.17) is 10.5 Å². The predicted octanol–water partition coefficient (Wildman–Crippen LogP) is 1.98. The summed E-state index contributed by atoms with van der Waals surface area (Å²) < 4.78 is 50.4. The normalized spacial score (nSPS) is 28.0. The van der Waals surface area contributed by atoms with Crippen molar-refractivity contribution in [1.82, 2.24) is 9.55 Å². The van der Waals surface area contributed by atoms with Crippen molar-refractivity contribution in [2.24, 2.45) is 17.6 Å². The molecule has 0 radical (unpaired) electrons. The summed E-state index contributed by atoms with van der Waals surface area (Å²) in [5.74, 6) is -4.10. The molecule has 162 valence electrons. The van der Waals surface area contributed by atoms with E-state index in [1.54, 1.807) is 4.90 Å². The fourth-order valence-electron chi connectivity index (χ4n) is 5.16. The first-order valence-corrected chi connectivity index (χ1v) is 10.2. The second kappa shape index (κ2) is 6.50. The Balaban J connectivity index is 1.67. The summed E-state index contributed by atoms with van der Waals surface area (Å²) in [5.41, 5.74) is 4.94.